The molecule has 2 N–H and O–H groups in total. The molecule has 1 aromatic rings. The molecule has 1 aliphatic carbocycles. The van der Waals surface area contributed by atoms with E-state index in [9.17, 15) is 9.59 Å². The summed E-state index contributed by atoms with van der Waals surface area (Å²) in [6.07, 6.45) is 4.22. The van der Waals surface area contributed by atoms with Crippen molar-refractivity contribution >= 4 is 11.8 Å². The molecule has 0 aliphatic heterocycles. The maximum absolute atomic E-state index is 11.8. The van der Waals surface area contributed by atoms with Crippen molar-refractivity contribution < 1.29 is 9.59 Å². The van der Waals surface area contributed by atoms with Gasteiger partial charge in [-0.15, -0.1) is 0 Å². The van der Waals surface area contributed by atoms with E-state index in [0.29, 0.717) is 0 Å². The van der Waals surface area contributed by atoms with Crippen molar-refractivity contribution in [3.05, 3.63) is 35.9 Å². The zero-order valence-corrected chi connectivity index (χ0v) is 11.2. The van der Waals surface area contributed by atoms with Gasteiger partial charge in [-0.1, -0.05) is 43.2 Å². The first kappa shape index (κ1) is 13.6. The van der Waals surface area contributed by atoms with Crippen LogP contribution in [0, 0.1) is 0 Å². The summed E-state index contributed by atoms with van der Waals surface area (Å²) in [5.74, 6) is -1.07. The summed E-state index contributed by atoms with van der Waals surface area (Å²) in [4.78, 5) is 23.5. The van der Waals surface area contributed by atoms with Gasteiger partial charge in [0.05, 0.1) is 6.04 Å². The maximum atomic E-state index is 11.8. The molecule has 1 fully saturated rings. The lowest BCUT2D eigenvalue weighted by molar-refractivity contribution is -0.140. The Hall–Kier alpha value is -1.84. The number of benzene rings is 1. The van der Waals surface area contributed by atoms with Gasteiger partial charge in [0.1, 0.15) is 0 Å². The van der Waals surface area contributed by atoms with Crippen molar-refractivity contribution in [2.45, 2.75) is 44.7 Å². The zero-order chi connectivity index (χ0) is 13.7. The zero-order valence-electron chi connectivity index (χ0n) is 11.2. The summed E-state index contributed by atoms with van der Waals surface area (Å²) in [5, 5.41) is 5.50. The highest BCUT2D eigenvalue weighted by Gasteiger charge is 2.22. The molecule has 0 unspecified atom stereocenters. The van der Waals surface area contributed by atoms with E-state index in [1.807, 2.05) is 37.3 Å². The van der Waals surface area contributed by atoms with Crippen LogP contribution in [0.1, 0.15) is 44.2 Å². The van der Waals surface area contributed by atoms with Crippen LogP contribution in [0.3, 0.4) is 0 Å². The summed E-state index contributed by atoms with van der Waals surface area (Å²) in [6, 6.07) is 9.62. The summed E-state index contributed by atoms with van der Waals surface area (Å²) < 4.78 is 0. The van der Waals surface area contributed by atoms with Gasteiger partial charge in [-0.25, -0.2) is 0 Å². The van der Waals surface area contributed by atoms with Crippen LogP contribution in [0.25, 0.3) is 0 Å². The minimum Gasteiger partial charge on any atom is -0.345 e. The first-order chi connectivity index (χ1) is 9.16. The quantitative estimate of drug-likeness (QED) is 0.816. The number of rotatable bonds is 3. The average Bonchev–Trinajstić information content (AvgIpc) is 2.92. The Morgan fingerprint density at radius 1 is 1.11 bits per heavy atom. The summed E-state index contributed by atoms with van der Waals surface area (Å²) >= 11 is 0. The molecule has 0 radical (unpaired) electrons. The van der Waals surface area contributed by atoms with E-state index in [0.717, 1.165) is 31.2 Å². The predicted molar refractivity (Wildman–Crippen MR) is 73.4 cm³/mol. The third kappa shape index (κ3) is 3.81. The first-order valence-corrected chi connectivity index (χ1v) is 6.83. The fraction of sp³-hybridized carbons (Fsp3) is 0.467. The second-order valence-electron chi connectivity index (χ2n) is 5.06. The standard InChI is InChI=1S/C15H20N2O2/c1-11(12-7-3-2-4-8-12)16-14(18)15(19)17-13-9-5-6-10-13/h2-4,7-8,11,13H,5-6,9-10H2,1H3,(H,16,18)(H,17,19)/t11-/m1/s1. The summed E-state index contributed by atoms with van der Waals surface area (Å²) in [7, 11) is 0. The van der Waals surface area contributed by atoms with Crippen molar-refractivity contribution in [1.29, 1.82) is 0 Å². The van der Waals surface area contributed by atoms with Crippen molar-refractivity contribution in [1.82, 2.24) is 10.6 Å². The Bertz CT molecular complexity index is 439. The van der Waals surface area contributed by atoms with Gasteiger partial charge in [0.25, 0.3) is 0 Å². The Labute approximate surface area is 113 Å². The van der Waals surface area contributed by atoms with Crippen LogP contribution < -0.4 is 10.6 Å². The van der Waals surface area contributed by atoms with Gasteiger partial charge in [0.2, 0.25) is 0 Å². The molecular formula is C15H20N2O2. The van der Waals surface area contributed by atoms with Crippen molar-refractivity contribution in [2.75, 3.05) is 0 Å². The number of hydrogen-bond acceptors (Lipinski definition) is 2. The Morgan fingerprint density at radius 3 is 2.37 bits per heavy atom. The molecule has 2 rings (SSSR count). The normalized spacial score (nSPS) is 16.9. The lowest BCUT2D eigenvalue weighted by Gasteiger charge is -2.16. The van der Waals surface area contributed by atoms with Crippen LogP contribution in [0.2, 0.25) is 0 Å². The predicted octanol–water partition coefficient (Wildman–Crippen LogP) is 1.92. The van der Waals surface area contributed by atoms with Crippen LogP contribution in [-0.4, -0.2) is 17.9 Å². The van der Waals surface area contributed by atoms with E-state index in [1.54, 1.807) is 0 Å². The molecule has 102 valence electrons. The molecule has 4 nitrogen and oxygen atoms in total. The molecule has 0 bridgehead atoms. The fourth-order valence-corrected chi connectivity index (χ4v) is 2.41. The number of amides is 2. The second kappa shape index (κ2) is 6.36. The monoisotopic (exact) mass is 260 g/mol. The first-order valence-electron chi connectivity index (χ1n) is 6.83. The third-order valence-corrected chi connectivity index (χ3v) is 3.54. The summed E-state index contributed by atoms with van der Waals surface area (Å²) in [5.41, 5.74) is 0.990. The van der Waals surface area contributed by atoms with Crippen LogP contribution in [0.15, 0.2) is 30.3 Å². The van der Waals surface area contributed by atoms with Gasteiger partial charge in [0.15, 0.2) is 0 Å². The van der Waals surface area contributed by atoms with Crippen molar-refractivity contribution in [3.8, 4) is 0 Å². The minimum absolute atomic E-state index is 0.164. The molecule has 4 heteroatoms. The van der Waals surface area contributed by atoms with Crippen molar-refractivity contribution in [3.63, 3.8) is 0 Å². The van der Waals surface area contributed by atoms with E-state index < -0.39 is 11.8 Å². The van der Waals surface area contributed by atoms with Crippen molar-refractivity contribution in [2.24, 2.45) is 0 Å². The molecule has 2 amide bonds. The van der Waals surface area contributed by atoms with Crippen LogP contribution >= 0.6 is 0 Å². The average molecular weight is 260 g/mol. The smallest absolute Gasteiger partial charge is 0.309 e. The van der Waals surface area contributed by atoms with Gasteiger partial charge < -0.3 is 10.6 Å². The molecule has 1 aliphatic rings. The molecular weight excluding hydrogens is 240 g/mol. The number of nitrogens with one attached hydrogen (secondary N) is 2. The highest BCUT2D eigenvalue weighted by Crippen LogP contribution is 2.17. The summed E-state index contributed by atoms with van der Waals surface area (Å²) in [6.45, 7) is 1.87. The fourth-order valence-electron chi connectivity index (χ4n) is 2.41. The number of carbonyl (C=O) groups is 2. The Morgan fingerprint density at radius 2 is 1.74 bits per heavy atom. The van der Waals surface area contributed by atoms with E-state index in [2.05, 4.69) is 10.6 Å². The molecule has 0 aromatic heterocycles. The Balaban J connectivity index is 1.84. The van der Waals surface area contributed by atoms with Crippen LogP contribution in [0.4, 0.5) is 0 Å². The highest BCUT2D eigenvalue weighted by molar-refractivity contribution is 6.35. The van der Waals surface area contributed by atoms with Gasteiger partial charge >= 0.3 is 11.8 Å². The molecule has 0 heterocycles. The second-order valence-corrected chi connectivity index (χ2v) is 5.06. The molecule has 19 heavy (non-hydrogen) atoms. The van der Waals surface area contributed by atoms with Gasteiger partial charge in [-0.3, -0.25) is 9.59 Å². The van der Waals surface area contributed by atoms with Crippen LogP contribution in [0.5, 0.6) is 0 Å². The molecule has 1 atom stereocenters. The molecule has 1 aromatic carbocycles. The SMILES string of the molecule is C[C@@H](NC(=O)C(=O)NC1CCCC1)c1ccccc1. The molecule has 1 saturated carbocycles. The van der Waals surface area contributed by atoms with Gasteiger partial charge in [0, 0.05) is 6.04 Å². The number of hydrogen-bond donors (Lipinski definition) is 2. The number of carbonyl (C=O) groups excluding carboxylic acids is 2. The Kier molecular flexibility index (Phi) is 4.55. The van der Waals surface area contributed by atoms with E-state index >= 15 is 0 Å². The lowest BCUT2D eigenvalue weighted by Crippen LogP contribution is -2.44. The van der Waals surface area contributed by atoms with Crippen LogP contribution in [-0.2, 0) is 9.59 Å². The molecule has 0 spiro atoms. The molecule has 0 saturated heterocycles. The lowest BCUT2D eigenvalue weighted by atomic mass is 10.1. The van der Waals surface area contributed by atoms with E-state index in [1.165, 1.54) is 0 Å². The topological polar surface area (TPSA) is 58.2 Å². The van der Waals surface area contributed by atoms with E-state index in [-0.39, 0.29) is 12.1 Å². The maximum Gasteiger partial charge on any atom is 0.309 e. The van der Waals surface area contributed by atoms with Gasteiger partial charge in [-0.2, -0.15) is 0 Å². The van der Waals surface area contributed by atoms with Gasteiger partial charge in [-0.05, 0) is 25.3 Å². The largest absolute Gasteiger partial charge is 0.345 e. The van der Waals surface area contributed by atoms with E-state index in [4.69, 9.17) is 0 Å². The minimum atomic E-state index is -0.553. The third-order valence-electron chi connectivity index (χ3n) is 3.54. The highest BCUT2D eigenvalue weighted by atomic mass is 16.2.